The lowest BCUT2D eigenvalue weighted by atomic mass is 9.95. The number of benzene rings is 3. The highest BCUT2D eigenvalue weighted by Gasteiger charge is 2.14. The zero-order chi connectivity index (χ0) is 18.5. The van der Waals surface area contributed by atoms with Gasteiger partial charge in [-0.25, -0.2) is 0 Å². The van der Waals surface area contributed by atoms with Gasteiger partial charge in [0.05, 0.1) is 11.1 Å². The van der Waals surface area contributed by atoms with Gasteiger partial charge in [-0.3, -0.25) is 10.1 Å². The maximum Gasteiger partial charge on any atom is 0.270 e. The SMILES string of the molecule is NN=Cc1cc(Cc2ccccc2)cc(-c2cccc([N+](=O)[O-])c2)c1O. The van der Waals surface area contributed by atoms with E-state index in [2.05, 4.69) is 5.10 Å². The van der Waals surface area contributed by atoms with E-state index in [9.17, 15) is 15.2 Å². The number of phenols is 1. The van der Waals surface area contributed by atoms with E-state index in [1.165, 1.54) is 18.3 Å². The maximum absolute atomic E-state index is 11.1. The van der Waals surface area contributed by atoms with E-state index >= 15 is 0 Å². The minimum absolute atomic E-state index is 0.0171. The van der Waals surface area contributed by atoms with Gasteiger partial charge in [-0.1, -0.05) is 42.5 Å². The molecule has 3 aromatic carbocycles. The fourth-order valence-electron chi connectivity index (χ4n) is 2.84. The molecular weight excluding hydrogens is 330 g/mol. The van der Waals surface area contributed by atoms with Gasteiger partial charge in [0.2, 0.25) is 0 Å². The van der Waals surface area contributed by atoms with Gasteiger partial charge in [-0.2, -0.15) is 5.10 Å². The normalized spacial score (nSPS) is 10.9. The molecule has 0 saturated carbocycles. The number of phenolic OH excluding ortho intramolecular Hbond substituents is 1. The first-order valence-electron chi connectivity index (χ1n) is 7.96. The van der Waals surface area contributed by atoms with Gasteiger partial charge < -0.3 is 10.9 Å². The number of hydrogen-bond acceptors (Lipinski definition) is 5. The molecule has 26 heavy (non-hydrogen) atoms. The Bertz CT molecular complexity index is 969. The molecule has 0 unspecified atom stereocenters. The van der Waals surface area contributed by atoms with Crippen LogP contribution in [-0.4, -0.2) is 16.2 Å². The van der Waals surface area contributed by atoms with E-state index in [0.717, 1.165) is 11.1 Å². The van der Waals surface area contributed by atoms with Crippen LogP contribution in [0.5, 0.6) is 5.75 Å². The molecule has 0 saturated heterocycles. The van der Waals surface area contributed by atoms with Gasteiger partial charge in [-0.15, -0.1) is 0 Å². The number of nitro benzene ring substituents is 1. The molecule has 130 valence electrons. The molecule has 6 heteroatoms. The van der Waals surface area contributed by atoms with Crippen molar-refractivity contribution in [2.45, 2.75) is 6.42 Å². The van der Waals surface area contributed by atoms with Gasteiger partial charge in [0, 0.05) is 23.3 Å². The summed E-state index contributed by atoms with van der Waals surface area (Å²) in [5.74, 6) is 5.24. The van der Waals surface area contributed by atoms with E-state index in [0.29, 0.717) is 23.1 Å². The van der Waals surface area contributed by atoms with E-state index in [-0.39, 0.29) is 11.4 Å². The molecule has 3 aromatic rings. The largest absolute Gasteiger partial charge is 0.507 e. The molecule has 0 radical (unpaired) electrons. The van der Waals surface area contributed by atoms with Crippen molar-refractivity contribution in [2.75, 3.05) is 0 Å². The molecule has 3 rings (SSSR count). The second-order valence-corrected chi connectivity index (χ2v) is 5.83. The van der Waals surface area contributed by atoms with Gasteiger partial charge >= 0.3 is 0 Å². The lowest BCUT2D eigenvalue weighted by molar-refractivity contribution is -0.384. The lowest BCUT2D eigenvalue weighted by Crippen LogP contribution is -1.96. The Kier molecular flexibility index (Phi) is 4.94. The summed E-state index contributed by atoms with van der Waals surface area (Å²) in [6.07, 6.45) is 2.01. The predicted octanol–water partition coefficient (Wildman–Crippen LogP) is 3.85. The fourth-order valence-corrected chi connectivity index (χ4v) is 2.84. The van der Waals surface area contributed by atoms with Crippen molar-refractivity contribution >= 4 is 11.9 Å². The summed E-state index contributed by atoms with van der Waals surface area (Å²) in [6, 6.07) is 19.7. The molecule has 3 N–H and O–H groups in total. The second-order valence-electron chi connectivity index (χ2n) is 5.83. The third-order valence-electron chi connectivity index (χ3n) is 4.03. The molecule has 0 heterocycles. The Balaban J connectivity index is 2.11. The summed E-state index contributed by atoms with van der Waals surface area (Å²) < 4.78 is 0. The van der Waals surface area contributed by atoms with Crippen LogP contribution in [0.1, 0.15) is 16.7 Å². The van der Waals surface area contributed by atoms with Crippen molar-refractivity contribution in [3.05, 3.63) is 93.5 Å². The van der Waals surface area contributed by atoms with Crippen LogP contribution in [0.3, 0.4) is 0 Å². The number of hydrogen-bond donors (Lipinski definition) is 2. The van der Waals surface area contributed by atoms with Crippen LogP contribution in [-0.2, 0) is 6.42 Å². The van der Waals surface area contributed by atoms with Crippen LogP contribution in [0, 0.1) is 10.1 Å². The molecule has 0 aliphatic carbocycles. The second kappa shape index (κ2) is 7.48. The van der Waals surface area contributed by atoms with Crippen LogP contribution >= 0.6 is 0 Å². The Hall–Kier alpha value is -3.67. The highest BCUT2D eigenvalue weighted by molar-refractivity contribution is 5.89. The minimum Gasteiger partial charge on any atom is -0.507 e. The van der Waals surface area contributed by atoms with Crippen molar-refractivity contribution in [2.24, 2.45) is 10.9 Å². The zero-order valence-corrected chi connectivity index (χ0v) is 13.9. The Morgan fingerprint density at radius 2 is 1.81 bits per heavy atom. The van der Waals surface area contributed by atoms with Crippen LogP contribution in [0.15, 0.2) is 71.8 Å². The predicted molar refractivity (Wildman–Crippen MR) is 101 cm³/mol. The number of nitro groups is 1. The van der Waals surface area contributed by atoms with Crippen LogP contribution in [0.25, 0.3) is 11.1 Å². The molecule has 0 aliphatic rings. The van der Waals surface area contributed by atoms with E-state index in [1.807, 2.05) is 36.4 Å². The number of aromatic hydroxyl groups is 1. The topological polar surface area (TPSA) is 102 Å². The monoisotopic (exact) mass is 347 g/mol. The number of non-ortho nitro benzene ring substituents is 1. The Morgan fingerprint density at radius 3 is 2.50 bits per heavy atom. The van der Waals surface area contributed by atoms with Crippen LogP contribution in [0.2, 0.25) is 0 Å². The number of rotatable bonds is 5. The first kappa shape index (κ1) is 17.2. The van der Waals surface area contributed by atoms with E-state index in [4.69, 9.17) is 5.84 Å². The Morgan fingerprint density at radius 1 is 1.04 bits per heavy atom. The summed E-state index contributed by atoms with van der Waals surface area (Å²) in [5, 5.41) is 25.1. The van der Waals surface area contributed by atoms with Gasteiger partial charge in [-0.05, 0) is 35.2 Å². The highest BCUT2D eigenvalue weighted by atomic mass is 16.6. The highest BCUT2D eigenvalue weighted by Crippen LogP contribution is 2.35. The van der Waals surface area contributed by atoms with Gasteiger partial charge in [0.15, 0.2) is 0 Å². The van der Waals surface area contributed by atoms with E-state index in [1.54, 1.807) is 18.2 Å². The van der Waals surface area contributed by atoms with Crippen molar-refractivity contribution in [1.82, 2.24) is 0 Å². The number of hydrazone groups is 1. The molecule has 0 fully saturated rings. The van der Waals surface area contributed by atoms with Crippen molar-refractivity contribution in [1.29, 1.82) is 0 Å². The van der Waals surface area contributed by atoms with Gasteiger partial charge in [0.1, 0.15) is 5.75 Å². The third kappa shape index (κ3) is 3.70. The third-order valence-corrected chi connectivity index (χ3v) is 4.03. The molecule has 0 amide bonds. The average Bonchev–Trinajstić information content (AvgIpc) is 2.65. The van der Waals surface area contributed by atoms with Crippen LogP contribution < -0.4 is 5.84 Å². The molecule has 0 aliphatic heterocycles. The fraction of sp³-hybridized carbons (Fsp3) is 0.0500. The summed E-state index contributed by atoms with van der Waals surface area (Å²) in [4.78, 5) is 10.6. The minimum atomic E-state index is -0.462. The van der Waals surface area contributed by atoms with E-state index < -0.39 is 4.92 Å². The molecule has 6 nitrogen and oxygen atoms in total. The molecule has 0 aromatic heterocycles. The van der Waals surface area contributed by atoms with Crippen molar-refractivity contribution in [3.8, 4) is 16.9 Å². The summed E-state index contributed by atoms with van der Waals surface area (Å²) >= 11 is 0. The smallest absolute Gasteiger partial charge is 0.270 e. The first-order valence-corrected chi connectivity index (χ1v) is 7.96. The first-order chi connectivity index (χ1) is 12.6. The quantitative estimate of drug-likeness (QED) is 0.317. The lowest BCUT2D eigenvalue weighted by Gasteiger charge is -2.11. The van der Waals surface area contributed by atoms with Gasteiger partial charge in [0.25, 0.3) is 5.69 Å². The standard InChI is InChI=1S/C20H17N3O3/c21-22-13-17-10-15(9-14-5-2-1-3-6-14)11-19(20(17)24)16-7-4-8-18(12-16)23(25)26/h1-8,10-13,24H,9,21H2. The molecule has 0 spiro atoms. The average molecular weight is 347 g/mol. The van der Waals surface area contributed by atoms with Crippen molar-refractivity contribution in [3.63, 3.8) is 0 Å². The summed E-state index contributed by atoms with van der Waals surface area (Å²) in [5.41, 5.74) is 3.52. The molecule has 0 bridgehead atoms. The summed E-state index contributed by atoms with van der Waals surface area (Å²) in [6.45, 7) is 0. The molecule has 0 atom stereocenters. The maximum atomic E-state index is 11.1. The summed E-state index contributed by atoms with van der Waals surface area (Å²) in [7, 11) is 0. The zero-order valence-electron chi connectivity index (χ0n) is 13.9. The number of nitrogens with two attached hydrogens (primary N) is 1. The van der Waals surface area contributed by atoms with Crippen molar-refractivity contribution < 1.29 is 10.0 Å². The van der Waals surface area contributed by atoms with Crippen LogP contribution in [0.4, 0.5) is 5.69 Å². The molecular formula is C20H17N3O3. The number of nitrogens with zero attached hydrogens (tertiary/aromatic N) is 2. The Labute approximate surface area is 150 Å².